The van der Waals surface area contributed by atoms with E-state index >= 15 is 0 Å². The maximum atomic E-state index is 11.9. The van der Waals surface area contributed by atoms with E-state index in [1.165, 1.54) is 77.0 Å². The van der Waals surface area contributed by atoms with Crippen LogP contribution in [0.1, 0.15) is 128 Å². The summed E-state index contributed by atoms with van der Waals surface area (Å²) >= 11 is 0. The highest BCUT2D eigenvalue weighted by Gasteiger charge is 2.33. The van der Waals surface area contributed by atoms with Gasteiger partial charge >= 0.3 is 11.9 Å². The second kappa shape index (κ2) is 19.9. The molecular formula is C33H53NO4. The van der Waals surface area contributed by atoms with Crippen LogP contribution in [0.4, 0.5) is 0 Å². The van der Waals surface area contributed by atoms with Gasteiger partial charge in [0.1, 0.15) is 12.5 Å². The Bertz CT molecular complexity index is 777. The van der Waals surface area contributed by atoms with Gasteiger partial charge in [-0.2, -0.15) is 0 Å². The minimum Gasteiger partial charge on any atom is -0.481 e. The Labute approximate surface area is 232 Å². The van der Waals surface area contributed by atoms with Gasteiger partial charge in [-0.05, 0) is 70.4 Å². The quantitative estimate of drug-likeness (QED) is 0.125. The summed E-state index contributed by atoms with van der Waals surface area (Å²) in [4.78, 5) is 25.9. The van der Waals surface area contributed by atoms with Crippen molar-refractivity contribution < 1.29 is 19.4 Å². The van der Waals surface area contributed by atoms with Crippen LogP contribution < -0.4 is 0 Å². The number of aliphatic carboxylic acids is 1. The Hall–Kier alpha value is -2.14. The summed E-state index contributed by atoms with van der Waals surface area (Å²) in [6.45, 7) is 2.13. The van der Waals surface area contributed by atoms with Gasteiger partial charge in [-0.3, -0.25) is 9.59 Å². The number of nitrogens with zero attached hydrogens (tertiary/aromatic N) is 1. The second-order valence-electron chi connectivity index (χ2n) is 11.1. The van der Waals surface area contributed by atoms with Crippen LogP contribution >= 0.6 is 0 Å². The first-order valence-corrected chi connectivity index (χ1v) is 15.3. The van der Waals surface area contributed by atoms with Crippen LogP contribution in [0.2, 0.25) is 0 Å². The number of carboxylic acid groups (broad SMARTS) is 1. The number of piperidine rings is 1. The molecule has 1 aromatic carbocycles. The number of carbonyl (C=O) groups excluding carboxylic acids is 1. The van der Waals surface area contributed by atoms with Gasteiger partial charge in [0.2, 0.25) is 0 Å². The Morgan fingerprint density at radius 1 is 0.895 bits per heavy atom. The number of esters is 1. The molecule has 3 unspecified atom stereocenters. The average molecular weight is 528 g/mol. The van der Waals surface area contributed by atoms with Gasteiger partial charge in [0.25, 0.3) is 0 Å². The number of fused-ring (bicyclic) bond motifs is 2. The fraction of sp³-hybridized carbons (Fsp3) is 0.697. The van der Waals surface area contributed by atoms with Crippen LogP contribution in [0.5, 0.6) is 0 Å². The van der Waals surface area contributed by atoms with Crippen LogP contribution in [0.3, 0.4) is 0 Å². The molecule has 1 aromatic rings. The number of ether oxygens (including phenoxy) is 1. The number of carboxylic acids is 1. The van der Waals surface area contributed by atoms with E-state index in [1.54, 1.807) is 24.3 Å². The molecule has 38 heavy (non-hydrogen) atoms. The lowest BCUT2D eigenvalue weighted by Crippen LogP contribution is -2.35. The van der Waals surface area contributed by atoms with Crippen molar-refractivity contribution in [3.8, 4) is 0 Å². The molecule has 214 valence electrons. The fourth-order valence-electron chi connectivity index (χ4n) is 5.61. The van der Waals surface area contributed by atoms with Crippen molar-refractivity contribution in [3.05, 3.63) is 48.0 Å². The van der Waals surface area contributed by atoms with Gasteiger partial charge in [-0.15, -0.1) is 0 Å². The molecule has 2 bridgehead atoms. The number of carbonyl (C=O) groups is 2. The third-order valence-electron chi connectivity index (χ3n) is 8.11. The SMILES string of the molecule is CCCCCC/C=C\CCCCCCCC(=O)OCC(C(=O)O)c1ccccc1.CN1C2CCCC1CC2. The van der Waals surface area contributed by atoms with Crippen LogP contribution in [0.25, 0.3) is 0 Å². The Morgan fingerprint density at radius 3 is 2.05 bits per heavy atom. The Morgan fingerprint density at radius 2 is 1.47 bits per heavy atom. The summed E-state index contributed by atoms with van der Waals surface area (Å²) < 4.78 is 5.20. The van der Waals surface area contributed by atoms with Crippen molar-refractivity contribution in [2.75, 3.05) is 13.7 Å². The zero-order valence-electron chi connectivity index (χ0n) is 24.1. The molecule has 2 aliphatic heterocycles. The number of hydrogen-bond acceptors (Lipinski definition) is 4. The zero-order chi connectivity index (χ0) is 27.4. The summed E-state index contributed by atoms with van der Waals surface area (Å²) in [6, 6.07) is 10.8. The topological polar surface area (TPSA) is 66.8 Å². The third kappa shape index (κ3) is 13.1. The number of allylic oxidation sites excluding steroid dienone is 2. The van der Waals surface area contributed by atoms with E-state index in [1.807, 2.05) is 6.07 Å². The molecule has 3 atom stereocenters. The minimum absolute atomic E-state index is 0.108. The van der Waals surface area contributed by atoms with Crippen LogP contribution in [0.15, 0.2) is 42.5 Å². The first-order valence-electron chi connectivity index (χ1n) is 15.3. The molecule has 0 spiro atoms. The van der Waals surface area contributed by atoms with E-state index in [9.17, 15) is 14.7 Å². The van der Waals surface area contributed by atoms with Crippen molar-refractivity contribution in [1.82, 2.24) is 4.90 Å². The molecule has 2 saturated heterocycles. The number of rotatable bonds is 17. The van der Waals surface area contributed by atoms with E-state index in [0.29, 0.717) is 12.0 Å². The molecule has 5 nitrogen and oxygen atoms in total. The molecule has 0 aliphatic carbocycles. The van der Waals surface area contributed by atoms with E-state index < -0.39 is 11.9 Å². The molecule has 3 rings (SSSR count). The molecule has 1 N–H and O–H groups in total. The number of benzene rings is 1. The average Bonchev–Trinajstić information content (AvgIpc) is 3.10. The number of unbranched alkanes of at least 4 members (excludes halogenated alkanes) is 9. The summed E-state index contributed by atoms with van der Waals surface area (Å²) in [5.41, 5.74) is 0.655. The van der Waals surface area contributed by atoms with E-state index in [0.717, 1.165) is 37.8 Å². The largest absolute Gasteiger partial charge is 0.481 e. The summed E-state index contributed by atoms with van der Waals surface area (Å²) in [5, 5.41) is 9.34. The molecular weight excluding hydrogens is 474 g/mol. The smallest absolute Gasteiger partial charge is 0.314 e. The summed E-state index contributed by atoms with van der Waals surface area (Å²) in [7, 11) is 2.29. The molecule has 2 heterocycles. The second-order valence-corrected chi connectivity index (χ2v) is 11.1. The van der Waals surface area contributed by atoms with Gasteiger partial charge in [0, 0.05) is 18.5 Å². The van der Waals surface area contributed by atoms with Crippen molar-refractivity contribution in [3.63, 3.8) is 0 Å². The molecule has 0 saturated carbocycles. The van der Waals surface area contributed by atoms with E-state index in [2.05, 4.69) is 31.0 Å². The van der Waals surface area contributed by atoms with Crippen LogP contribution in [-0.2, 0) is 14.3 Å². The highest BCUT2D eigenvalue weighted by molar-refractivity contribution is 5.77. The number of hydrogen-bond donors (Lipinski definition) is 1. The lowest BCUT2D eigenvalue weighted by molar-refractivity contribution is -0.148. The van der Waals surface area contributed by atoms with E-state index in [4.69, 9.17) is 4.74 Å². The standard InChI is InChI=1S/C25H38O4.C8H15N/c1-2-3-4-5-6-7-8-9-10-11-12-13-17-20-24(26)29-21-23(25(27)28)22-18-15-14-16-19-22;1-9-7-3-2-4-8(9)6-5-7/h7-8,14-16,18-19,23H,2-6,9-13,17,20-21H2,1H3,(H,27,28);7-8H,2-6H2,1H3/b8-7-;. The molecule has 2 fully saturated rings. The minimum atomic E-state index is -0.973. The molecule has 0 aromatic heterocycles. The monoisotopic (exact) mass is 527 g/mol. The normalized spacial score (nSPS) is 19.6. The van der Waals surface area contributed by atoms with Gasteiger partial charge in [0.15, 0.2) is 0 Å². The third-order valence-corrected chi connectivity index (χ3v) is 8.11. The van der Waals surface area contributed by atoms with Crippen molar-refractivity contribution in [1.29, 1.82) is 0 Å². The van der Waals surface area contributed by atoms with Crippen LogP contribution in [0, 0.1) is 0 Å². The van der Waals surface area contributed by atoms with E-state index in [-0.39, 0.29) is 12.6 Å². The van der Waals surface area contributed by atoms with Gasteiger partial charge < -0.3 is 14.7 Å². The van der Waals surface area contributed by atoms with Crippen molar-refractivity contribution >= 4 is 11.9 Å². The predicted octanol–water partition coefficient (Wildman–Crippen LogP) is 8.29. The zero-order valence-corrected chi connectivity index (χ0v) is 24.1. The lowest BCUT2D eigenvalue weighted by Gasteiger charge is -2.30. The summed E-state index contributed by atoms with van der Waals surface area (Å²) in [6.07, 6.45) is 25.3. The predicted molar refractivity (Wildman–Crippen MR) is 156 cm³/mol. The van der Waals surface area contributed by atoms with Crippen molar-refractivity contribution in [2.24, 2.45) is 0 Å². The molecule has 2 aliphatic rings. The fourth-order valence-corrected chi connectivity index (χ4v) is 5.61. The first kappa shape index (κ1) is 32.1. The van der Waals surface area contributed by atoms with Gasteiger partial charge in [0.05, 0.1) is 0 Å². The maximum Gasteiger partial charge on any atom is 0.314 e. The molecule has 0 radical (unpaired) electrons. The maximum absolute atomic E-state index is 11.9. The summed E-state index contributed by atoms with van der Waals surface area (Å²) in [5.74, 6) is -2.09. The highest BCUT2D eigenvalue weighted by atomic mass is 16.5. The Balaban J connectivity index is 0.000000464. The molecule has 0 amide bonds. The highest BCUT2D eigenvalue weighted by Crippen LogP contribution is 2.33. The Kier molecular flexibility index (Phi) is 16.8. The van der Waals surface area contributed by atoms with Gasteiger partial charge in [-0.1, -0.05) is 94.4 Å². The lowest BCUT2D eigenvalue weighted by atomic mass is 10.0. The van der Waals surface area contributed by atoms with Gasteiger partial charge in [-0.25, -0.2) is 0 Å². The van der Waals surface area contributed by atoms with Crippen molar-refractivity contribution in [2.45, 2.75) is 134 Å². The first-order chi connectivity index (χ1) is 18.5. The molecule has 5 heteroatoms. The van der Waals surface area contributed by atoms with Crippen LogP contribution in [-0.4, -0.2) is 47.7 Å².